The SMILES string of the molecule is CCCCNc1cc(C)nc(NCCc2ccc(Cl)cc2)n1. The molecule has 2 rings (SSSR count). The number of halogens is 1. The lowest BCUT2D eigenvalue weighted by molar-refractivity contribution is 0.829. The first kappa shape index (κ1) is 16.6. The van der Waals surface area contributed by atoms with Crippen molar-refractivity contribution >= 4 is 23.4 Å². The molecular weight excluding hydrogens is 296 g/mol. The van der Waals surface area contributed by atoms with Gasteiger partial charge in [-0.2, -0.15) is 4.98 Å². The minimum Gasteiger partial charge on any atom is -0.370 e. The average molecular weight is 319 g/mol. The van der Waals surface area contributed by atoms with E-state index in [2.05, 4.69) is 27.5 Å². The van der Waals surface area contributed by atoms with E-state index >= 15 is 0 Å². The Hall–Kier alpha value is -1.81. The van der Waals surface area contributed by atoms with Crippen LogP contribution in [0.2, 0.25) is 5.02 Å². The van der Waals surface area contributed by atoms with Crippen molar-refractivity contribution in [2.24, 2.45) is 0 Å². The summed E-state index contributed by atoms with van der Waals surface area (Å²) in [7, 11) is 0. The maximum Gasteiger partial charge on any atom is 0.224 e. The molecule has 1 aromatic carbocycles. The summed E-state index contributed by atoms with van der Waals surface area (Å²) in [6, 6.07) is 9.88. The molecule has 0 aliphatic heterocycles. The smallest absolute Gasteiger partial charge is 0.224 e. The van der Waals surface area contributed by atoms with Crippen LogP contribution < -0.4 is 10.6 Å². The number of aromatic nitrogens is 2. The number of rotatable bonds is 8. The van der Waals surface area contributed by atoms with E-state index in [4.69, 9.17) is 11.6 Å². The number of unbranched alkanes of at least 4 members (excludes halogenated alkanes) is 1. The molecule has 0 aliphatic carbocycles. The summed E-state index contributed by atoms with van der Waals surface area (Å²) in [6.07, 6.45) is 3.22. The van der Waals surface area contributed by atoms with E-state index in [0.717, 1.165) is 42.5 Å². The van der Waals surface area contributed by atoms with Gasteiger partial charge in [0, 0.05) is 29.9 Å². The molecule has 2 aromatic rings. The summed E-state index contributed by atoms with van der Waals surface area (Å²) < 4.78 is 0. The zero-order valence-corrected chi connectivity index (χ0v) is 14.0. The third kappa shape index (κ3) is 5.53. The molecule has 0 bridgehead atoms. The van der Waals surface area contributed by atoms with E-state index < -0.39 is 0 Å². The maximum atomic E-state index is 5.89. The number of hydrogen-bond acceptors (Lipinski definition) is 4. The molecule has 0 aliphatic rings. The Labute approximate surface area is 137 Å². The highest BCUT2D eigenvalue weighted by Gasteiger charge is 2.02. The zero-order chi connectivity index (χ0) is 15.8. The Morgan fingerprint density at radius 3 is 2.55 bits per heavy atom. The van der Waals surface area contributed by atoms with Crippen LogP contribution in [0.4, 0.5) is 11.8 Å². The molecule has 0 radical (unpaired) electrons. The van der Waals surface area contributed by atoms with Crippen LogP contribution in [0.15, 0.2) is 30.3 Å². The van der Waals surface area contributed by atoms with E-state index in [1.165, 1.54) is 12.0 Å². The fourth-order valence-electron chi connectivity index (χ4n) is 2.10. The number of aryl methyl sites for hydroxylation is 1. The van der Waals surface area contributed by atoms with Gasteiger partial charge in [0.25, 0.3) is 0 Å². The van der Waals surface area contributed by atoms with Crippen LogP contribution in [0.5, 0.6) is 0 Å². The van der Waals surface area contributed by atoms with Crippen molar-refractivity contribution in [3.63, 3.8) is 0 Å². The molecule has 4 nitrogen and oxygen atoms in total. The lowest BCUT2D eigenvalue weighted by atomic mass is 10.1. The minimum absolute atomic E-state index is 0.674. The Morgan fingerprint density at radius 1 is 1.05 bits per heavy atom. The van der Waals surface area contributed by atoms with Crippen molar-refractivity contribution in [1.29, 1.82) is 0 Å². The van der Waals surface area contributed by atoms with E-state index in [-0.39, 0.29) is 0 Å². The second-order valence-corrected chi connectivity index (χ2v) is 5.74. The van der Waals surface area contributed by atoms with Gasteiger partial charge in [0.1, 0.15) is 5.82 Å². The first-order valence-corrected chi connectivity index (χ1v) is 8.13. The first-order chi connectivity index (χ1) is 10.7. The topological polar surface area (TPSA) is 49.8 Å². The van der Waals surface area contributed by atoms with Gasteiger partial charge >= 0.3 is 0 Å². The van der Waals surface area contributed by atoms with Crippen LogP contribution in [0, 0.1) is 6.92 Å². The molecule has 0 fully saturated rings. The van der Waals surface area contributed by atoms with Gasteiger partial charge in [-0.1, -0.05) is 37.1 Å². The second-order valence-electron chi connectivity index (χ2n) is 5.30. The standard InChI is InChI=1S/C17H23ClN4/c1-3-4-10-19-16-12-13(2)21-17(22-16)20-11-9-14-5-7-15(18)8-6-14/h5-8,12H,3-4,9-11H2,1-2H3,(H2,19,20,21,22). The van der Waals surface area contributed by atoms with Crippen LogP contribution in [0.3, 0.4) is 0 Å². The molecule has 22 heavy (non-hydrogen) atoms. The summed E-state index contributed by atoms with van der Waals surface area (Å²) in [4.78, 5) is 8.92. The first-order valence-electron chi connectivity index (χ1n) is 7.75. The lowest BCUT2D eigenvalue weighted by Crippen LogP contribution is -2.11. The van der Waals surface area contributed by atoms with Gasteiger partial charge in [-0.15, -0.1) is 0 Å². The number of nitrogens with zero attached hydrogens (tertiary/aromatic N) is 2. The summed E-state index contributed by atoms with van der Waals surface area (Å²) in [6.45, 7) is 5.89. The predicted octanol–water partition coefficient (Wildman–Crippen LogP) is 4.31. The molecule has 0 saturated carbocycles. The molecule has 0 atom stereocenters. The van der Waals surface area contributed by atoms with Crippen molar-refractivity contribution in [3.8, 4) is 0 Å². The Kier molecular flexibility index (Phi) is 6.46. The third-order valence-electron chi connectivity index (χ3n) is 3.30. The van der Waals surface area contributed by atoms with Crippen LogP contribution in [-0.2, 0) is 6.42 Å². The Balaban J connectivity index is 1.87. The van der Waals surface area contributed by atoms with Gasteiger partial charge in [-0.05, 0) is 37.5 Å². The molecule has 1 heterocycles. The largest absolute Gasteiger partial charge is 0.370 e. The average Bonchev–Trinajstić information content (AvgIpc) is 2.49. The molecule has 118 valence electrons. The molecule has 0 amide bonds. The van der Waals surface area contributed by atoms with Crippen molar-refractivity contribution in [1.82, 2.24) is 9.97 Å². The molecule has 0 unspecified atom stereocenters. The molecule has 5 heteroatoms. The maximum absolute atomic E-state index is 5.89. The summed E-state index contributed by atoms with van der Waals surface area (Å²) >= 11 is 5.89. The monoisotopic (exact) mass is 318 g/mol. The van der Waals surface area contributed by atoms with Crippen LogP contribution in [-0.4, -0.2) is 23.1 Å². The molecule has 1 aromatic heterocycles. The molecule has 0 saturated heterocycles. The van der Waals surface area contributed by atoms with E-state index in [1.807, 2.05) is 37.3 Å². The van der Waals surface area contributed by atoms with Crippen molar-refractivity contribution in [2.45, 2.75) is 33.1 Å². The van der Waals surface area contributed by atoms with E-state index in [1.54, 1.807) is 0 Å². The van der Waals surface area contributed by atoms with Crippen molar-refractivity contribution in [3.05, 3.63) is 46.6 Å². The van der Waals surface area contributed by atoms with E-state index in [0.29, 0.717) is 5.95 Å². The van der Waals surface area contributed by atoms with Crippen LogP contribution >= 0.6 is 11.6 Å². The Bertz CT molecular complexity index is 584. The van der Waals surface area contributed by atoms with Gasteiger partial charge in [0.2, 0.25) is 5.95 Å². The number of nitrogens with one attached hydrogen (secondary N) is 2. The van der Waals surface area contributed by atoms with Crippen LogP contribution in [0.1, 0.15) is 31.0 Å². The highest BCUT2D eigenvalue weighted by Crippen LogP contribution is 2.12. The minimum atomic E-state index is 0.674. The second kappa shape index (κ2) is 8.59. The predicted molar refractivity (Wildman–Crippen MR) is 93.8 cm³/mol. The number of anilines is 2. The van der Waals surface area contributed by atoms with Crippen molar-refractivity contribution in [2.75, 3.05) is 23.7 Å². The highest BCUT2D eigenvalue weighted by atomic mass is 35.5. The molecular formula is C17H23ClN4. The third-order valence-corrected chi connectivity index (χ3v) is 3.55. The van der Waals surface area contributed by atoms with Crippen molar-refractivity contribution < 1.29 is 0 Å². The van der Waals surface area contributed by atoms with Crippen LogP contribution in [0.25, 0.3) is 0 Å². The quantitative estimate of drug-likeness (QED) is 0.712. The number of benzene rings is 1. The normalized spacial score (nSPS) is 10.5. The molecule has 2 N–H and O–H groups in total. The van der Waals surface area contributed by atoms with Gasteiger partial charge in [-0.3, -0.25) is 0 Å². The van der Waals surface area contributed by atoms with E-state index in [9.17, 15) is 0 Å². The summed E-state index contributed by atoms with van der Waals surface area (Å²) in [5.41, 5.74) is 2.20. The summed E-state index contributed by atoms with van der Waals surface area (Å²) in [5.74, 6) is 1.56. The zero-order valence-electron chi connectivity index (χ0n) is 13.2. The fourth-order valence-corrected chi connectivity index (χ4v) is 2.23. The van der Waals surface area contributed by atoms with Gasteiger partial charge < -0.3 is 10.6 Å². The molecule has 0 spiro atoms. The highest BCUT2D eigenvalue weighted by molar-refractivity contribution is 6.30. The fraction of sp³-hybridized carbons (Fsp3) is 0.412. The van der Waals surface area contributed by atoms with Gasteiger partial charge in [0.15, 0.2) is 0 Å². The lowest BCUT2D eigenvalue weighted by Gasteiger charge is -2.09. The van der Waals surface area contributed by atoms with Gasteiger partial charge in [0.05, 0.1) is 0 Å². The summed E-state index contributed by atoms with van der Waals surface area (Å²) in [5, 5.41) is 7.38. The van der Waals surface area contributed by atoms with Gasteiger partial charge in [-0.25, -0.2) is 4.98 Å². The number of hydrogen-bond donors (Lipinski definition) is 2. The Morgan fingerprint density at radius 2 is 1.82 bits per heavy atom.